The van der Waals surface area contributed by atoms with E-state index >= 15 is 0 Å². The molecule has 2 rings (SSSR count). The first-order valence-electron chi connectivity index (χ1n) is 6.64. The maximum atomic E-state index is 11.5. The van der Waals surface area contributed by atoms with Crippen molar-refractivity contribution >= 4 is 36.8 Å². The molecule has 10 nitrogen and oxygen atoms in total. The van der Waals surface area contributed by atoms with Crippen molar-refractivity contribution in [2.45, 2.75) is 11.4 Å². The monoisotopic (exact) mass is 386 g/mol. The van der Waals surface area contributed by atoms with Crippen LogP contribution < -0.4 is 4.90 Å². The van der Waals surface area contributed by atoms with Crippen molar-refractivity contribution in [3.63, 3.8) is 0 Å². The summed E-state index contributed by atoms with van der Waals surface area (Å²) < 4.78 is 22.9. The molecule has 1 aromatic heterocycles. The molecule has 25 heavy (non-hydrogen) atoms. The second-order valence-electron chi connectivity index (χ2n) is 4.94. The Morgan fingerprint density at radius 3 is 2.12 bits per heavy atom. The third kappa shape index (κ3) is 4.19. The van der Waals surface area contributed by atoms with Crippen LogP contribution in [0.4, 0.5) is 17.1 Å². The van der Waals surface area contributed by atoms with Gasteiger partial charge in [-0.1, -0.05) is 6.07 Å². The van der Waals surface area contributed by atoms with Crippen molar-refractivity contribution in [1.29, 1.82) is 0 Å². The average molecular weight is 387 g/mol. The summed E-state index contributed by atoms with van der Waals surface area (Å²) in [6.07, 6.45) is 1.51. The number of aromatic nitrogens is 1. The molecule has 0 N–H and O–H groups in total. The predicted octanol–water partition coefficient (Wildman–Crippen LogP) is 2.46. The highest BCUT2D eigenvalue weighted by molar-refractivity contribution is 8.13. The fourth-order valence-electron chi connectivity index (χ4n) is 2.20. The Morgan fingerprint density at radius 1 is 1.16 bits per heavy atom. The van der Waals surface area contributed by atoms with Crippen LogP contribution in [0.3, 0.4) is 0 Å². The van der Waals surface area contributed by atoms with Gasteiger partial charge in [-0.05, 0) is 12.1 Å². The summed E-state index contributed by atoms with van der Waals surface area (Å²) in [7, 11) is 2.19. The number of benzene rings is 1. The smallest absolute Gasteiger partial charge is 0.301 e. The largest absolute Gasteiger partial charge is 0.357 e. The number of nitro groups is 2. The number of anilines is 1. The van der Waals surface area contributed by atoms with E-state index in [2.05, 4.69) is 4.98 Å². The minimum absolute atomic E-state index is 0.0372. The lowest BCUT2D eigenvalue weighted by Crippen LogP contribution is -2.20. The Labute approximate surface area is 146 Å². The van der Waals surface area contributed by atoms with Gasteiger partial charge in [-0.3, -0.25) is 25.2 Å². The van der Waals surface area contributed by atoms with Gasteiger partial charge in [0.15, 0.2) is 5.69 Å². The van der Waals surface area contributed by atoms with Crippen molar-refractivity contribution in [1.82, 2.24) is 4.98 Å². The van der Waals surface area contributed by atoms with Gasteiger partial charge in [0, 0.05) is 36.1 Å². The zero-order valence-electron chi connectivity index (χ0n) is 12.7. The van der Waals surface area contributed by atoms with Crippen LogP contribution in [-0.2, 0) is 15.6 Å². The normalized spacial score (nSPS) is 11.1. The SMILES string of the molecule is CN(Cc1ccccn1)c1c([N+](=O)[O-])cc(S(=O)(=O)Cl)cc1[N+](=O)[O-]. The van der Waals surface area contributed by atoms with Crippen LogP contribution in [0.1, 0.15) is 5.69 Å². The van der Waals surface area contributed by atoms with Gasteiger partial charge in [-0.15, -0.1) is 0 Å². The molecule has 0 atom stereocenters. The molecule has 2 aromatic rings. The maximum Gasteiger partial charge on any atom is 0.301 e. The molecule has 0 amide bonds. The first kappa shape index (κ1) is 18.5. The van der Waals surface area contributed by atoms with Gasteiger partial charge in [-0.2, -0.15) is 0 Å². The minimum atomic E-state index is -4.38. The molecule has 0 saturated carbocycles. The zero-order valence-corrected chi connectivity index (χ0v) is 14.3. The molecule has 1 aromatic carbocycles. The van der Waals surface area contributed by atoms with E-state index in [1.807, 2.05) is 0 Å². The molecule has 0 aliphatic rings. The van der Waals surface area contributed by atoms with Crippen LogP contribution in [0.2, 0.25) is 0 Å². The second kappa shape index (κ2) is 6.99. The number of pyridine rings is 1. The third-order valence-electron chi connectivity index (χ3n) is 3.23. The van der Waals surface area contributed by atoms with Crippen molar-refractivity contribution in [3.05, 3.63) is 62.5 Å². The van der Waals surface area contributed by atoms with Crippen LogP contribution in [0, 0.1) is 20.2 Å². The van der Waals surface area contributed by atoms with Crippen LogP contribution >= 0.6 is 10.7 Å². The predicted molar refractivity (Wildman–Crippen MR) is 89.1 cm³/mol. The lowest BCUT2D eigenvalue weighted by atomic mass is 10.2. The third-order valence-corrected chi connectivity index (χ3v) is 4.56. The van der Waals surface area contributed by atoms with Crippen molar-refractivity contribution < 1.29 is 18.3 Å². The van der Waals surface area contributed by atoms with E-state index in [-0.39, 0.29) is 12.2 Å². The van der Waals surface area contributed by atoms with Crippen LogP contribution in [-0.4, -0.2) is 30.3 Å². The summed E-state index contributed by atoms with van der Waals surface area (Å²) in [5.41, 5.74) is -1.31. The topological polar surface area (TPSA) is 137 Å². The van der Waals surface area contributed by atoms with Gasteiger partial charge < -0.3 is 4.90 Å². The van der Waals surface area contributed by atoms with E-state index in [1.165, 1.54) is 18.1 Å². The summed E-state index contributed by atoms with van der Waals surface area (Å²) in [6, 6.07) is 6.40. The van der Waals surface area contributed by atoms with Gasteiger partial charge in [-0.25, -0.2) is 8.42 Å². The minimum Gasteiger partial charge on any atom is -0.357 e. The Bertz CT molecular complexity index is 900. The van der Waals surface area contributed by atoms with Gasteiger partial charge in [0.1, 0.15) is 0 Å². The number of hydrogen-bond donors (Lipinski definition) is 0. The molecule has 0 spiro atoms. The van der Waals surface area contributed by atoms with E-state index in [9.17, 15) is 28.6 Å². The quantitative estimate of drug-likeness (QED) is 0.419. The molecule has 0 fully saturated rings. The molecule has 0 unspecified atom stereocenters. The molecule has 1 heterocycles. The fourth-order valence-corrected chi connectivity index (χ4v) is 2.98. The highest BCUT2D eigenvalue weighted by Gasteiger charge is 2.32. The molecule has 0 saturated heterocycles. The summed E-state index contributed by atoms with van der Waals surface area (Å²) in [6.45, 7) is 0.0372. The maximum absolute atomic E-state index is 11.5. The van der Waals surface area contributed by atoms with Gasteiger partial charge >= 0.3 is 11.4 Å². The summed E-state index contributed by atoms with van der Waals surface area (Å²) in [5, 5.41) is 22.7. The first-order valence-corrected chi connectivity index (χ1v) is 8.94. The molecule has 0 bridgehead atoms. The molecular formula is C13H11ClN4O6S. The highest BCUT2D eigenvalue weighted by atomic mass is 35.7. The molecule has 132 valence electrons. The second-order valence-corrected chi connectivity index (χ2v) is 7.51. The molecule has 0 aliphatic heterocycles. The number of hydrogen-bond acceptors (Lipinski definition) is 8. The summed E-state index contributed by atoms with van der Waals surface area (Å²) >= 11 is 0. The highest BCUT2D eigenvalue weighted by Crippen LogP contribution is 2.40. The Kier molecular flexibility index (Phi) is 5.18. The number of nitrogens with zero attached hydrogens (tertiary/aromatic N) is 4. The van der Waals surface area contributed by atoms with E-state index in [4.69, 9.17) is 10.7 Å². The van der Waals surface area contributed by atoms with E-state index < -0.39 is 35.2 Å². The van der Waals surface area contributed by atoms with E-state index in [1.54, 1.807) is 18.2 Å². The van der Waals surface area contributed by atoms with Crippen LogP contribution in [0.5, 0.6) is 0 Å². The first-order chi connectivity index (χ1) is 11.6. The summed E-state index contributed by atoms with van der Waals surface area (Å²) in [5.74, 6) is 0. The average Bonchev–Trinajstić information content (AvgIpc) is 2.53. The molecular weight excluding hydrogens is 376 g/mol. The van der Waals surface area contributed by atoms with Crippen LogP contribution in [0.15, 0.2) is 41.4 Å². The van der Waals surface area contributed by atoms with E-state index in [0.717, 1.165) is 0 Å². The Hall–Kier alpha value is -2.79. The van der Waals surface area contributed by atoms with E-state index in [0.29, 0.717) is 17.8 Å². The van der Waals surface area contributed by atoms with Gasteiger partial charge in [0.2, 0.25) is 0 Å². The van der Waals surface area contributed by atoms with Gasteiger partial charge in [0.25, 0.3) is 9.05 Å². The fraction of sp³-hybridized carbons (Fsp3) is 0.154. The van der Waals surface area contributed by atoms with Crippen molar-refractivity contribution in [2.75, 3.05) is 11.9 Å². The molecule has 12 heteroatoms. The molecule has 0 aliphatic carbocycles. The summed E-state index contributed by atoms with van der Waals surface area (Å²) in [4.78, 5) is 25.5. The number of nitro benzene ring substituents is 2. The number of rotatable bonds is 6. The Balaban J connectivity index is 2.66. The Morgan fingerprint density at radius 2 is 1.72 bits per heavy atom. The van der Waals surface area contributed by atoms with Crippen molar-refractivity contribution in [2.24, 2.45) is 0 Å². The standard InChI is InChI=1S/C13H11ClN4O6S/c1-16(8-9-4-2-3-5-15-9)13-11(17(19)20)6-10(25(14,23)24)7-12(13)18(21)22/h2-7H,8H2,1H3. The van der Waals surface area contributed by atoms with Gasteiger partial charge in [0.05, 0.1) is 27.0 Å². The zero-order chi connectivity index (χ0) is 18.8. The lowest BCUT2D eigenvalue weighted by molar-refractivity contribution is -0.393. The molecule has 0 radical (unpaired) electrons. The van der Waals surface area contributed by atoms with Crippen LogP contribution in [0.25, 0.3) is 0 Å². The lowest BCUT2D eigenvalue weighted by Gasteiger charge is -2.19. The van der Waals surface area contributed by atoms with Crippen molar-refractivity contribution in [3.8, 4) is 0 Å². The number of halogens is 1.